The van der Waals surface area contributed by atoms with E-state index in [1.165, 1.54) is 0 Å². The van der Waals surface area contributed by atoms with Crippen LogP contribution >= 0.6 is 0 Å². The second kappa shape index (κ2) is 3.89. The van der Waals surface area contributed by atoms with Gasteiger partial charge in [0, 0.05) is 6.21 Å². The molecule has 0 aliphatic rings. The second-order valence-electron chi connectivity index (χ2n) is 1.78. The second-order valence-corrected chi connectivity index (χ2v) is 1.78. The van der Waals surface area contributed by atoms with Gasteiger partial charge in [0.25, 0.3) is 0 Å². The molecule has 50 valence electrons. The van der Waals surface area contributed by atoms with Crippen LogP contribution in [0.3, 0.4) is 0 Å². The van der Waals surface area contributed by atoms with Gasteiger partial charge >= 0.3 is 0 Å². The third-order valence-corrected chi connectivity index (χ3v) is 0.889. The summed E-state index contributed by atoms with van der Waals surface area (Å²) in [5.74, 6) is 0.344. The van der Waals surface area contributed by atoms with E-state index in [0.717, 1.165) is 5.57 Å². The van der Waals surface area contributed by atoms with E-state index in [-0.39, 0.29) is 0 Å². The first-order valence-electron chi connectivity index (χ1n) is 2.78. The molecule has 0 bridgehead atoms. The van der Waals surface area contributed by atoms with E-state index in [1.54, 1.807) is 6.21 Å². The Kier molecular flexibility index (Phi) is 3.44. The van der Waals surface area contributed by atoms with E-state index in [2.05, 4.69) is 11.6 Å². The van der Waals surface area contributed by atoms with Crippen LogP contribution < -0.4 is 5.73 Å². The number of nitrogens with two attached hydrogens (primary N) is 1. The summed E-state index contributed by atoms with van der Waals surface area (Å²) < 4.78 is 0. The average molecular weight is 124 g/mol. The Labute approximate surface area is 55.8 Å². The number of rotatable bonds is 2. The largest absolute Gasteiger partial charge is 0.384 e. The van der Waals surface area contributed by atoms with Crippen molar-refractivity contribution in [3.8, 4) is 0 Å². The fraction of sp³-hybridized carbons (Fsp3) is 0.286. The van der Waals surface area contributed by atoms with Gasteiger partial charge in [-0.2, -0.15) is 0 Å². The fourth-order valence-corrected chi connectivity index (χ4v) is 0.259. The molecule has 0 atom stereocenters. The van der Waals surface area contributed by atoms with Gasteiger partial charge in [-0.15, -0.1) is 0 Å². The molecule has 0 aromatic heterocycles. The molecule has 0 rings (SSSR count). The molecule has 0 unspecified atom stereocenters. The lowest BCUT2D eigenvalue weighted by Crippen LogP contribution is -1.90. The van der Waals surface area contributed by atoms with Gasteiger partial charge in [0.1, 0.15) is 5.82 Å². The predicted octanol–water partition coefficient (Wildman–Crippen LogP) is 1.45. The predicted molar refractivity (Wildman–Crippen MR) is 41.3 cm³/mol. The Bertz CT molecular complexity index is 154. The molecule has 2 nitrogen and oxygen atoms in total. The van der Waals surface area contributed by atoms with Gasteiger partial charge in [-0.1, -0.05) is 12.7 Å². The van der Waals surface area contributed by atoms with Crippen LogP contribution in [0.4, 0.5) is 0 Å². The van der Waals surface area contributed by atoms with Crippen LogP contribution in [0, 0.1) is 0 Å². The van der Waals surface area contributed by atoms with Crippen molar-refractivity contribution in [2.45, 2.75) is 13.8 Å². The van der Waals surface area contributed by atoms with Gasteiger partial charge in [-0.3, -0.25) is 0 Å². The maximum atomic E-state index is 5.18. The summed E-state index contributed by atoms with van der Waals surface area (Å²) in [5.41, 5.74) is 6.26. The molecule has 0 aliphatic heterocycles. The van der Waals surface area contributed by atoms with Crippen molar-refractivity contribution in [3.63, 3.8) is 0 Å². The Morgan fingerprint density at radius 1 is 1.67 bits per heavy atom. The maximum Gasteiger partial charge on any atom is 0.115 e. The van der Waals surface area contributed by atoms with Gasteiger partial charge in [0.15, 0.2) is 0 Å². The van der Waals surface area contributed by atoms with Crippen LogP contribution in [0.2, 0.25) is 0 Å². The maximum absolute atomic E-state index is 5.18. The van der Waals surface area contributed by atoms with E-state index < -0.39 is 0 Å². The van der Waals surface area contributed by atoms with Gasteiger partial charge < -0.3 is 5.73 Å². The Morgan fingerprint density at radius 3 is 2.56 bits per heavy atom. The molecule has 0 amide bonds. The summed E-state index contributed by atoms with van der Waals surface area (Å²) in [7, 11) is 0. The molecule has 0 saturated heterocycles. The number of hydrogen-bond donors (Lipinski definition) is 1. The molecular formula is C7H12N2. The summed E-state index contributed by atoms with van der Waals surface area (Å²) >= 11 is 0. The lowest BCUT2D eigenvalue weighted by Gasteiger charge is -1.87. The minimum Gasteiger partial charge on any atom is -0.384 e. The molecule has 0 fully saturated rings. The molecule has 9 heavy (non-hydrogen) atoms. The zero-order valence-electron chi connectivity index (χ0n) is 5.89. The van der Waals surface area contributed by atoms with Gasteiger partial charge in [0.05, 0.1) is 0 Å². The van der Waals surface area contributed by atoms with E-state index >= 15 is 0 Å². The van der Waals surface area contributed by atoms with Crippen molar-refractivity contribution < 1.29 is 0 Å². The number of hydrogen-bond acceptors (Lipinski definition) is 2. The average Bonchev–Trinajstić information content (AvgIpc) is 1.83. The molecule has 0 spiro atoms. The molecular weight excluding hydrogens is 112 g/mol. The van der Waals surface area contributed by atoms with Crippen LogP contribution in [0.1, 0.15) is 13.8 Å². The Balaban J connectivity index is 3.86. The van der Waals surface area contributed by atoms with Crippen molar-refractivity contribution in [1.29, 1.82) is 0 Å². The highest BCUT2D eigenvalue weighted by Crippen LogP contribution is 1.87. The minimum absolute atomic E-state index is 0.344. The SMILES string of the molecule is C=C(N)/N=C\C(C)=C/C. The number of allylic oxidation sites excluding steroid dienone is 2. The standard InChI is InChI=1S/C7H12N2/c1-4-6(2)5-9-7(3)8/h4-5H,3,8H2,1-2H3/b6-4-,9-5-. The lowest BCUT2D eigenvalue weighted by atomic mass is 10.3. The highest BCUT2D eigenvalue weighted by molar-refractivity contribution is 5.78. The minimum atomic E-state index is 0.344. The van der Waals surface area contributed by atoms with Crippen molar-refractivity contribution >= 4 is 6.21 Å². The van der Waals surface area contributed by atoms with Crippen molar-refractivity contribution in [2.75, 3.05) is 0 Å². The monoisotopic (exact) mass is 124 g/mol. The highest BCUT2D eigenvalue weighted by Gasteiger charge is 1.77. The normalized spacial score (nSPS) is 12.4. The summed E-state index contributed by atoms with van der Waals surface area (Å²) in [6.07, 6.45) is 3.63. The Morgan fingerprint density at radius 2 is 2.22 bits per heavy atom. The molecule has 2 N–H and O–H groups in total. The first kappa shape index (κ1) is 7.95. The van der Waals surface area contributed by atoms with Crippen molar-refractivity contribution in [1.82, 2.24) is 0 Å². The topological polar surface area (TPSA) is 38.4 Å². The van der Waals surface area contributed by atoms with Crippen LogP contribution in [0.5, 0.6) is 0 Å². The number of nitrogens with zero attached hydrogens (tertiary/aromatic N) is 1. The van der Waals surface area contributed by atoms with Gasteiger partial charge in [0.2, 0.25) is 0 Å². The summed E-state index contributed by atoms with van der Waals surface area (Å²) in [4.78, 5) is 3.79. The number of aliphatic imine (C=N–C) groups is 1. The first-order chi connectivity index (χ1) is 4.16. The first-order valence-corrected chi connectivity index (χ1v) is 2.78. The summed E-state index contributed by atoms with van der Waals surface area (Å²) in [6.45, 7) is 7.31. The summed E-state index contributed by atoms with van der Waals surface area (Å²) in [5, 5.41) is 0. The van der Waals surface area contributed by atoms with Gasteiger partial charge in [-0.25, -0.2) is 4.99 Å². The molecule has 0 heterocycles. The van der Waals surface area contributed by atoms with Crippen molar-refractivity contribution in [2.24, 2.45) is 10.7 Å². The lowest BCUT2D eigenvalue weighted by molar-refractivity contribution is 1.27. The molecule has 0 radical (unpaired) electrons. The van der Waals surface area contributed by atoms with E-state index in [0.29, 0.717) is 5.82 Å². The molecule has 0 aromatic carbocycles. The van der Waals surface area contributed by atoms with Crippen LogP contribution in [-0.4, -0.2) is 6.21 Å². The van der Waals surface area contributed by atoms with Crippen molar-refractivity contribution in [3.05, 3.63) is 24.0 Å². The smallest absolute Gasteiger partial charge is 0.115 e. The zero-order valence-corrected chi connectivity index (χ0v) is 5.89. The zero-order chi connectivity index (χ0) is 7.28. The third-order valence-electron chi connectivity index (χ3n) is 0.889. The highest BCUT2D eigenvalue weighted by atomic mass is 14.9. The summed E-state index contributed by atoms with van der Waals surface area (Å²) in [6, 6.07) is 0. The van der Waals surface area contributed by atoms with E-state index in [4.69, 9.17) is 5.73 Å². The molecule has 0 aromatic rings. The fourth-order valence-electron chi connectivity index (χ4n) is 0.259. The van der Waals surface area contributed by atoms with E-state index in [9.17, 15) is 0 Å². The van der Waals surface area contributed by atoms with Gasteiger partial charge in [-0.05, 0) is 19.4 Å². The quantitative estimate of drug-likeness (QED) is 0.556. The van der Waals surface area contributed by atoms with Crippen LogP contribution in [0.15, 0.2) is 29.0 Å². The Hall–Kier alpha value is -1.05. The van der Waals surface area contributed by atoms with Crippen LogP contribution in [0.25, 0.3) is 0 Å². The molecule has 0 aliphatic carbocycles. The third kappa shape index (κ3) is 4.81. The molecule has 2 heteroatoms. The van der Waals surface area contributed by atoms with Crippen LogP contribution in [-0.2, 0) is 0 Å². The molecule has 0 saturated carbocycles. The van der Waals surface area contributed by atoms with E-state index in [1.807, 2.05) is 19.9 Å².